The molecule has 0 heterocycles. The Hall–Kier alpha value is 0.177. The van der Waals surface area contributed by atoms with Gasteiger partial charge in [-0.1, -0.05) is 39.0 Å². The van der Waals surface area contributed by atoms with Crippen molar-refractivity contribution in [2.45, 2.75) is 58.2 Å². The molecule has 0 aliphatic carbocycles. The van der Waals surface area contributed by atoms with Crippen LogP contribution in [-0.4, -0.2) is 15.4 Å². The summed E-state index contributed by atoms with van der Waals surface area (Å²) in [5.41, 5.74) is 0. The van der Waals surface area contributed by atoms with Crippen LogP contribution in [0.2, 0.25) is 19.1 Å². The van der Waals surface area contributed by atoms with Crippen molar-refractivity contribution >= 4 is 8.32 Å². The molecule has 2 heteroatoms. The third kappa shape index (κ3) is 6.86. The van der Waals surface area contributed by atoms with Gasteiger partial charge >= 0.3 is 0 Å². The molecule has 12 heavy (non-hydrogen) atoms. The monoisotopic (exact) mass is 188 g/mol. The molecular formula is C10H24OSi. The first-order chi connectivity index (χ1) is 5.62. The number of hydrogen-bond acceptors (Lipinski definition) is 1. The molecule has 0 unspecified atom stereocenters. The fourth-order valence-corrected chi connectivity index (χ4v) is 2.56. The Labute approximate surface area is 78.6 Å². The van der Waals surface area contributed by atoms with E-state index in [1.807, 2.05) is 7.11 Å². The van der Waals surface area contributed by atoms with E-state index in [0.717, 1.165) is 0 Å². The minimum absolute atomic E-state index is 1.24. The average molecular weight is 188 g/mol. The molecule has 0 rings (SSSR count). The molecule has 74 valence electrons. The van der Waals surface area contributed by atoms with Crippen molar-refractivity contribution in [2.75, 3.05) is 7.11 Å². The highest BCUT2D eigenvalue weighted by Gasteiger charge is 2.18. The van der Waals surface area contributed by atoms with Crippen molar-refractivity contribution in [2.24, 2.45) is 0 Å². The highest BCUT2D eigenvalue weighted by molar-refractivity contribution is 6.71. The summed E-state index contributed by atoms with van der Waals surface area (Å²) in [5, 5.41) is 0. The first kappa shape index (κ1) is 12.2. The van der Waals surface area contributed by atoms with E-state index in [9.17, 15) is 0 Å². The van der Waals surface area contributed by atoms with Crippen molar-refractivity contribution in [1.82, 2.24) is 0 Å². The number of rotatable bonds is 7. The molecule has 0 aliphatic rings. The lowest BCUT2D eigenvalue weighted by Gasteiger charge is -2.19. The summed E-state index contributed by atoms with van der Waals surface area (Å²) in [5.74, 6) is 0. The molecule has 0 aromatic carbocycles. The second-order valence-electron chi connectivity index (χ2n) is 4.13. The Morgan fingerprint density at radius 3 is 2.08 bits per heavy atom. The maximum absolute atomic E-state index is 5.48. The van der Waals surface area contributed by atoms with Gasteiger partial charge in [0.05, 0.1) is 0 Å². The van der Waals surface area contributed by atoms with Crippen LogP contribution in [0.25, 0.3) is 0 Å². The van der Waals surface area contributed by atoms with E-state index in [4.69, 9.17) is 4.43 Å². The van der Waals surface area contributed by atoms with Crippen LogP contribution in [0.1, 0.15) is 39.0 Å². The molecule has 0 amide bonds. The van der Waals surface area contributed by atoms with Gasteiger partial charge in [0, 0.05) is 7.11 Å². The molecule has 0 saturated heterocycles. The lowest BCUT2D eigenvalue weighted by atomic mass is 10.2. The van der Waals surface area contributed by atoms with E-state index in [1.165, 1.54) is 38.1 Å². The lowest BCUT2D eigenvalue weighted by Crippen LogP contribution is -2.27. The summed E-state index contributed by atoms with van der Waals surface area (Å²) in [6.07, 6.45) is 6.91. The average Bonchev–Trinajstić information content (AvgIpc) is 2.04. The lowest BCUT2D eigenvalue weighted by molar-refractivity contribution is 0.401. The first-order valence-electron chi connectivity index (χ1n) is 5.17. The van der Waals surface area contributed by atoms with Crippen molar-refractivity contribution < 1.29 is 4.43 Å². The molecule has 0 fully saturated rings. The summed E-state index contributed by atoms with van der Waals surface area (Å²) in [6, 6.07) is 1.33. The van der Waals surface area contributed by atoms with E-state index in [0.29, 0.717) is 0 Å². The third-order valence-electron chi connectivity index (χ3n) is 2.43. The Bertz CT molecular complexity index is 102. The zero-order valence-corrected chi connectivity index (χ0v) is 10.2. The van der Waals surface area contributed by atoms with Crippen LogP contribution in [-0.2, 0) is 4.43 Å². The maximum atomic E-state index is 5.48. The van der Waals surface area contributed by atoms with Crippen LogP contribution in [0.15, 0.2) is 0 Å². The van der Waals surface area contributed by atoms with Crippen LogP contribution in [0, 0.1) is 0 Å². The van der Waals surface area contributed by atoms with Crippen molar-refractivity contribution in [3.63, 3.8) is 0 Å². The van der Waals surface area contributed by atoms with Crippen LogP contribution in [0.5, 0.6) is 0 Å². The van der Waals surface area contributed by atoms with Crippen LogP contribution in [0.3, 0.4) is 0 Å². The van der Waals surface area contributed by atoms with Crippen molar-refractivity contribution in [3.8, 4) is 0 Å². The van der Waals surface area contributed by atoms with Gasteiger partial charge in [0.25, 0.3) is 0 Å². The molecule has 0 aromatic rings. The standard InChI is InChI=1S/C10H24OSi/c1-5-6-7-8-9-10-12(3,4)11-2/h5-10H2,1-4H3. The van der Waals surface area contributed by atoms with Crippen molar-refractivity contribution in [1.29, 1.82) is 0 Å². The zero-order valence-electron chi connectivity index (χ0n) is 9.15. The van der Waals surface area contributed by atoms with Gasteiger partial charge in [-0.15, -0.1) is 0 Å². The molecule has 1 nitrogen and oxygen atoms in total. The second kappa shape index (κ2) is 6.67. The van der Waals surface area contributed by atoms with Crippen LogP contribution in [0.4, 0.5) is 0 Å². The minimum Gasteiger partial charge on any atom is -0.420 e. The molecule has 0 spiro atoms. The van der Waals surface area contributed by atoms with Crippen LogP contribution >= 0.6 is 0 Å². The second-order valence-corrected chi connectivity index (χ2v) is 8.56. The Morgan fingerprint density at radius 1 is 1.00 bits per heavy atom. The quantitative estimate of drug-likeness (QED) is 0.436. The molecule has 0 N–H and O–H groups in total. The van der Waals surface area contributed by atoms with Crippen LogP contribution < -0.4 is 0 Å². The largest absolute Gasteiger partial charge is 0.420 e. The smallest absolute Gasteiger partial charge is 0.186 e. The highest BCUT2D eigenvalue weighted by Crippen LogP contribution is 2.15. The Morgan fingerprint density at radius 2 is 1.58 bits per heavy atom. The van der Waals surface area contributed by atoms with Gasteiger partial charge in [-0.25, -0.2) is 0 Å². The van der Waals surface area contributed by atoms with E-state index < -0.39 is 8.32 Å². The van der Waals surface area contributed by atoms with E-state index >= 15 is 0 Å². The highest BCUT2D eigenvalue weighted by atomic mass is 28.4. The summed E-state index contributed by atoms with van der Waals surface area (Å²) < 4.78 is 5.48. The number of unbranched alkanes of at least 4 members (excludes halogenated alkanes) is 4. The minimum atomic E-state index is -1.24. The molecule has 0 aliphatic heterocycles. The van der Waals surface area contributed by atoms with Gasteiger partial charge in [0.1, 0.15) is 0 Å². The molecular weight excluding hydrogens is 164 g/mol. The van der Waals surface area contributed by atoms with E-state index in [1.54, 1.807) is 0 Å². The van der Waals surface area contributed by atoms with Gasteiger partial charge in [0.15, 0.2) is 8.32 Å². The normalized spacial score (nSPS) is 12.0. The van der Waals surface area contributed by atoms with Gasteiger partial charge in [-0.3, -0.25) is 0 Å². The maximum Gasteiger partial charge on any atom is 0.186 e. The first-order valence-corrected chi connectivity index (χ1v) is 8.29. The topological polar surface area (TPSA) is 9.23 Å². The van der Waals surface area contributed by atoms with E-state index in [2.05, 4.69) is 20.0 Å². The van der Waals surface area contributed by atoms with Gasteiger partial charge in [-0.2, -0.15) is 0 Å². The summed E-state index contributed by atoms with van der Waals surface area (Å²) in [6.45, 7) is 6.85. The summed E-state index contributed by atoms with van der Waals surface area (Å²) in [4.78, 5) is 0. The fourth-order valence-electron chi connectivity index (χ4n) is 1.26. The van der Waals surface area contributed by atoms with Gasteiger partial charge < -0.3 is 4.43 Å². The summed E-state index contributed by atoms with van der Waals surface area (Å²) >= 11 is 0. The molecule has 0 saturated carbocycles. The predicted molar refractivity (Wildman–Crippen MR) is 58.1 cm³/mol. The van der Waals surface area contributed by atoms with Crippen molar-refractivity contribution in [3.05, 3.63) is 0 Å². The Kier molecular flexibility index (Phi) is 6.77. The molecule has 0 bridgehead atoms. The summed E-state index contributed by atoms with van der Waals surface area (Å²) in [7, 11) is 0.622. The SMILES string of the molecule is CCCCCCC[Si](C)(C)OC. The zero-order chi connectivity index (χ0) is 9.45. The third-order valence-corrected chi connectivity index (χ3v) is 5.10. The van der Waals surface area contributed by atoms with Gasteiger partial charge in [-0.05, 0) is 19.1 Å². The number of hydrogen-bond donors (Lipinski definition) is 0. The predicted octanol–water partition coefficient (Wildman–Crippen LogP) is 3.81. The Balaban J connectivity index is 3.19. The van der Waals surface area contributed by atoms with E-state index in [-0.39, 0.29) is 0 Å². The van der Waals surface area contributed by atoms with Gasteiger partial charge in [0.2, 0.25) is 0 Å². The molecule has 0 atom stereocenters. The molecule has 0 radical (unpaired) electrons. The molecule has 0 aromatic heterocycles. The fraction of sp³-hybridized carbons (Fsp3) is 1.00.